The molecule has 3 heterocycles. The zero-order valence-corrected chi connectivity index (χ0v) is 16.6. The number of pyridine rings is 2. The van der Waals surface area contributed by atoms with Gasteiger partial charge in [-0.05, 0) is 22.0 Å². The Labute approximate surface area is 174 Å². The van der Waals surface area contributed by atoms with Gasteiger partial charge in [-0.3, -0.25) is 9.36 Å². The summed E-state index contributed by atoms with van der Waals surface area (Å²) >= 11 is 3.24. The van der Waals surface area contributed by atoms with Crippen molar-refractivity contribution in [3.63, 3.8) is 0 Å². The molecule has 0 atom stereocenters. The van der Waals surface area contributed by atoms with Crippen LogP contribution in [0.1, 0.15) is 10.4 Å². The number of aromatic carboxylic acids is 1. The number of hydrogen-bond donors (Lipinski definition) is 3. The Kier molecular flexibility index (Phi) is 4.70. The average molecular weight is 484 g/mol. The van der Waals surface area contributed by atoms with E-state index in [0.717, 1.165) is 16.8 Å². The summed E-state index contributed by atoms with van der Waals surface area (Å²) in [6.07, 6.45) is 0.837. The van der Waals surface area contributed by atoms with E-state index in [0.29, 0.717) is 19.2 Å². The minimum absolute atomic E-state index is 0.0562. The molecule has 4 rings (SSSR count). The van der Waals surface area contributed by atoms with Crippen molar-refractivity contribution in [3.05, 3.63) is 56.0 Å². The van der Waals surface area contributed by atoms with Crippen molar-refractivity contribution in [2.45, 2.75) is 6.04 Å². The number of nitrogens with zero attached hydrogens (tertiary/aromatic N) is 3. The first kappa shape index (κ1) is 20.2. The number of carboxylic acids is 1. The number of anilines is 2. The van der Waals surface area contributed by atoms with Crippen LogP contribution in [0.3, 0.4) is 0 Å². The van der Waals surface area contributed by atoms with E-state index in [2.05, 4.69) is 20.9 Å². The van der Waals surface area contributed by atoms with E-state index in [1.807, 2.05) is 0 Å². The monoisotopic (exact) mass is 483 g/mol. The maximum atomic E-state index is 14.9. The molecule has 2 aromatic heterocycles. The minimum Gasteiger partial charge on any atom is -0.477 e. The van der Waals surface area contributed by atoms with E-state index in [1.54, 1.807) is 4.90 Å². The third-order valence-corrected chi connectivity index (χ3v) is 5.53. The highest BCUT2D eigenvalue weighted by Gasteiger charge is 2.30. The van der Waals surface area contributed by atoms with E-state index in [4.69, 9.17) is 11.5 Å². The molecule has 12 heteroatoms. The van der Waals surface area contributed by atoms with Gasteiger partial charge in [0.05, 0.1) is 21.1 Å². The van der Waals surface area contributed by atoms with Crippen LogP contribution in [0.2, 0.25) is 0 Å². The van der Waals surface area contributed by atoms with Crippen molar-refractivity contribution in [1.29, 1.82) is 0 Å². The van der Waals surface area contributed by atoms with Crippen molar-refractivity contribution < 1.29 is 23.1 Å². The molecule has 0 bridgehead atoms. The second kappa shape index (κ2) is 6.99. The molecule has 0 amide bonds. The smallest absolute Gasteiger partial charge is 0.341 e. The molecule has 1 aliphatic rings. The molecule has 1 saturated heterocycles. The van der Waals surface area contributed by atoms with Crippen molar-refractivity contribution in [2.75, 3.05) is 23.7 Å². The lowest BCUT2D eigenvalue weighted by Gasteiger charge is -2.39. The third-order valence-electron chi connectivity index (χ3n) is 4.78. The van der Waals surface area contributed by atoms with Crippen LogP contribution in [0.25, 0.3) is 16.7 Å². The number of nitrogen functional groups attached to an aromatic ring is 1. The highest BCUT2D eigenvalue weighted by atomic mass is 79.9. The molecule has 5 N–H and O–H groups in total. The molecule has 0 radical (unpaired) electrons. The normalized spacial score (nSPS) is 14.2. The minimum atomic E-state index is -1.61. The summed E-state index contributed by atoms with van der Waals surface area (Å²) in [5, 5.41) is 9.05. The van der Waals surface area contributed by atoms with Gasteiger partial charge in [0.15, 0.2) is 23.3 Å². The first-order valence-corrected chi connectivity index (χ1v) is 9.32. The highest BCUT2D eigenvalue weighted by Crippen LogP contribution is 2.38. The average Bonchev–Trinajstić information content (AvgIpc) is 2.64. The Bertz CT molecular complexity index is 1290. The summed E-state index contributed by atoms with van der Waals surface area (Å²) in [7, 11) is 0. The van der Waals surface area contributed by atoms with Gasteiger partial charge in [0, 0.05) is 31.4 Å². The fraction of sp³-hybridized carbons (Fsp3) is 0.167. The standard InChI is InChI=1S/C18H13BrF3N5O3/c19-12-13-7(1-9(20)14(12)26-3-6(23)4-26)15(28)8(18(29)30)5-27(13)17-11(22)2-10(21)16(24)25-17/h1-2,5-6H,3-4,23H2,(H2,24,25)(H,29,30). The lowest BCUT2D eigenvalue weighted by molar-refractivity contribution is 0.0695. The van der Waals surface area contributed by atoms with Gasteiger partial charge in [-0.25, -0.2) is 22.9 Å². The Morgan fingerprint density at radius 2 is 1.87 bits per heavy atom. The predicted octanol–water partition coefficient (Wildman–Crippen LogP) is 1.99. The molecule has 0 spiro atoms. The van der Waals surface area contributed by atoms with Crippen molar-refractivity contribution >= 4 is 44.3 Å². The molecule has 30 heavy (non-hydrogen) atoms. The summed E-state index contributed by atoms with van der Waals surface area (Å²) in [5.74, 6) is -5.87. The second-order valence-corrected chi connectivity index (χ2v) is 7.58. The van der Waals surface area contributed by atoms with Gasteiger partial charge in [-0.15, -0.1) is 0 Å². The number of carboxylic acid groups (broad SMARTS) is 1. The van der Waals surface area contributed by atoms with E-state index in [1.165, 1.54) is 0 Å². The number of hydrogen-bond acceptors (Lipinski definition) is 6. The SMILES string of the molecule is Nc1nc(-n2cc(C(=O)O)c(=O)c3cc(F)c(N4CC(N)C4)c(Br)c32)c(F)cc1F. The predicted molar refractivity (Wildman–Crippen MR) is 106 cm³/mol. The van der Waals surface area contributed by atoms with Crippen LogP contribution in [0, 0.1) is 17.5 Å². The molecule has 8 nitrogen and oxygen atoms in total. The highest BCUT2D eigenvalue weighted by molar-refractivity contribution is 9.10. The number of nitrogens with two attached hydrogens (primary N) is 2. The molecule has 3 aromatic rings. The third kappa shape index (κ3) is 2.99. The number of aromatic nitrogens is 2. The van der Waals surface area contributed by atoms with E-state index >= 15 is 0 Å². The van der Waals surface area contributed by atoms with Gasteiger partial charge < -0.3 is 21.5 Å². The summed E-state index contributed by atoms with van der Waals surface area (Å²) in [6.45, 7) is 0.684. The molecule has 156 valence electrons. The van der Waals surface area contributed by atoms with Crippen LogP contribution in [-0.2, 0) is 0 Å². The molecule has 1 aliphatic heterocycles. The first-order chi connectivity index (χ1) is 14.1. The lowest BCUT2D eigenvalue weighted by Crippen LogP contribution is -2.56. The Morgan fingerprint density at radius 3 is 2.47 bits per heavy atom. The largest absolute Gasteiger partial charge is 0.477 e. The first-order valence-electron chi connectivity index (χ1n) is 8.53. The van der Waals surface area contributed by atoms with Crippen molar-refractivity contribution in [1.82, 2.24) is 9.55 Å². The molecule has 1 fully saturated rings. The van der Waals surface area contributed by atoms with Crippen LogP contribution >= 0.6 is 15.9 Å². The second-order valence-electron chi connectivity index (χ2n) is 6.79. The van der Waals surface area contributed by atoms with Gasteiger partial charge >= 0.3 is 5.97 Å². The van der Waals surface area contributed by atoms with Crippen LogP contribution in [0.5, 0.6) is 0 Å². The number of carbonyl (C=O) groups is 1. The van der Waals surface area contributed by atoms with Crippen molar-refractivity contribution in [2.24, 2.45) is 5.73 Å². The summed E-state index contributed by atoms with van der Waals surface area (Å²) in [4.78, 5) is 29.5. The quantitative estimate of drug-likeness (QED) is 0.519. The van der Waals surface area contributed by atoms with E-state index < -0.39 is 46.0 Å². The van der Waals surface area contributed by atoms with Crippen LogP contribution in [-0.4, -0.2) is 39.8 Å². The van der Waals surface area contributed by atoms with Crippen molar-refractivity contribution in [3.8, 4) is 5.82 Å². The molecular formula is C18H13BrF3N5O3. The number of rotatable bonds is 3. The van der Waals surface area contributed by atoms with Gasteiger partial charge in [0.2, 0.25) is 5.43 Å². The van der Waals surface area contributed by atoms with E-state index in [-0.39, 0.29) is 27.1 Å². The lowest BCUT2D eigenvalue weighted by atomic mass is 10.1. The molecule has 0 unspecified atom stereocenters. The molecule has 0 saturated carbocycles. The van der Waals surface area contributed by atoms with Gasteiger partial charge in [0.25, 0.3) is 0 Å². The zero-order valence-electron chi connectivity index (χ0n) is 15.0. The van der Waals surface area contributed by atoms with Crippen LogP contribution in [0.4, 0.5) is 24.7 Å². The summed E-state index contributed by atoms with van der Waals surface area (Å²) in [5.41, 5.74) is 9.49. The summed E-state index contributed by atoms with van der Waals surface area (Å²) < 4.78 is 44.0. The number of benzene rings is 1. The van der Waals surface area contributed by atoms with Gasteiger partial charge in [0.1, 0.15) is 11.4 Å². The topological polar surface area (TPSA) is 127 Å². The summed E-state index contributed by atoms with van der Waals surface area (Å²) in [6, 6.07) is 1.18. The molecule has 0 aliphatic carbocycles. The number of halogens is 4. The van der Waals surface area contributed by atoms with Crippen LogP contribution < -0.4 is 21.8 Å². The maximum Gasteiger partial charge on any atom is 0.341 e. The molecular weight excluding hydrogens is 471 g/mol. The maximum absolute atomic E-state index is 14.9. The Hall–Kier alpha value is -3.12. The number of fused-ring (bicyclic) bond motifs is 1. The Balaban J connectivity index is 2.14. The van der Waals surface area contributed by atoms with Gasteiger partial charge in [-0.1, -0.05) is 0 Å². The van der Waals surface area contributed by atoms with E-state index in [9.17, 15) is 27.9 Å². The molecule has 1 aromatic carbocycles. The fourth-order valence-electron chi connectivity index (χ4n) is 3.35. The zero-order chi connectivity index (χ0) is 21.9. The van der Waals surface area contributed by atoms with Gasteiger partial charge in [-0.2, -0.15) is 0 Å². The van der Waals surface area contributed by atoms with Crippen LogP contribution in [0.15, 0.2) is 27.6 Å². The fourth-order valence-corrected chi connectivity index (χ4v) is 4.19. The Morgan fingerprint density at radius 1 is 1.20 bits per heavy atom.